The van der Waals surface area contributed by atoms with E-state index in [2.05, 4.69) is 82.1 Å². The second kappa shape index (κ2) is 11.7. The van der Waals surface area contributed by atoms with Gasteiger partial charge >= 0.3 is 0 Å². The highest BCUT2D eigenvalue weighted by Crippen LogP contribution is 2.28. The van der Waals surface area contributed by atoms with Crippen molar-refractivity contribution in [1.82, 2.24) is 19.7 Å². The molecule has 1 aromatic heterocycles. The molecule has 2 heterocycles. The molecule has 0 spiro atoms. The first-order valence-electron chi connectivity index (χ1n) is 12.4. The number of thioether (sulfide) groups is 1. The van der Waals surface area contributed by atoms with Gasteiger partial charge in [0.1, 0.15) is 0 Å². The first-order chi connectivity index (χ1) is 17.0. The van der Waals surface area contributed by atoms with E-state index in [1.165, 1.54) is 35.9 Å². The lowest BCUT2D eigenvalue weighted by Gasteiger charge is -2.23. The third-order valence-electron chi connectivity index (χ3n) is 6.52. The number of nitrogens with one attached hydrogen (secondary N) is 1. The summed E-state index contributed by atoms with van der Waals surface area (Å²) in [5.41, 5.74) is 4.37. The Morgan fingerprint density at radius 3 is 2.51 bits per heavy atom. The maximum atomic E-state index is 12.8. The van der Waals surface area contributed by atoms with Gasteiger partial charge in [-0.15, -0.1) is 10.2 Å². The Bertz CT molecular complexity index is 1120. The Labute approximate surface area is 212 Å². The molecule has 1 unspecified atom stereocenters. The highest BCUT2D eigenvalue weighted by Gasteiger charge is 2.23. The number of carbonyl (C=O) groups is 1. The molecule has 1 fully saturated rings. The fourth-order valence-corrected chi connectivity index (χ4v) is 5.37. The molecule has 1 aliphatic rings. The molecule has 4 rings (SSSR count). The van der Waals surface area contributed by atoms with Crippen LogP contribution >= 0.6 is 11.8 Å². The normalized spacial score (nSPS) is 14.5. The van der Waals surface area contributed by atoms with E-state index in [4.69, 9.17) is 0 Å². The summed E-state index contributed by atoms with van der Waals surface area (Å²) >= 11 is 1.43. The number of aromatic nitrogens is 3. The summed E-state index contributed by atoms with van der Waals surface area (Å²) in [4.78, 5) is 17.4. The van der Waals surface area contributed by atoms with Crippen molar-refractivity contribution >= 4 is 29.0 Å². The molecule has 35 heavy (non-hydrogen) atoms. The van der Waals surface area contributed by atoms with Gasteiger partial charge < -0.3 is 14.8 Å². The van der Waals surface area contributed by atoms with Gasteiger partial charge in [-0.25, -0.2) is 0 Å². The van der Waals surface area contributed by atoms with Gasteiger partial charge in [0.25, 0.3) is 0 Å². The van der Waals surface area contributed by atoms with E-state index in [-0.39, 0.29) is 17.7 Å². The van der Waals surface area contributed by atoms with E-state index in [1.807, 2.05) is 24.3 Å². The average Bonchev–Trinajstić information content (AvgIpc) is 3.51. The Hall–Kier alpha value is -2.84. The van der Waals surface area contributed by atoms with Crippen LogP contribution in [0.5, 0.6) is 0 Å². The minimum atomic E-state index is -0.0394. The minimum absolute atomic E-state index is 0.0394. The predicted octanol–water partition coefficient (Wildman–Crippen LogP) is 4.98. The van der Waals surface area contributed by atoms with Crippen molar-refractivity contribution in [2.24, 2.45) is 0 Å². The molecule has 0 bridgehead atoms. The number of rotatable bonds is 10. The molecular weight excluding hydrogens is 456 g/mol. The first-order valence-corrected chi connectivity index (χ1v) is 13.4. The summed E-state index contributed by atoms with van der Waals surface area (Å²) in [6.45, 7) is 7.11. The fourth-order valence-electron chi connectivity index (χ4n) is 4.62. The van der Waals surface area contributed by atoms with E-state index in [0.717, 1.165) is 41.7 Å². The average molecular weight is 493 g/mol. The van der Waals surface area contributed by atoms with Gasteiger partial charge in [0.05, 0.1) is 18.3 Å². The van der Waals surface area contributed by atoms with Gasteiger partial charge in [0.2, 0.25) is 5.91 Å². The lowest BCUT2D eigenvalue weighted by atomic mass is 10.1. The van der Waals surface area contributed by atoms with Crippen LogP contribution in [-0.4, -0.2) is 58.5 Å². The van der Waals surface area contributed by atoms with Crippen LogP contribution in [0.25, 0.3) is 0 Å². The van der Waals surface area contributed by atoms with Crippen LogP contribution in [0.15, 0.2) is 53.7 Å². The van der Waals surface area contributed by atoms with Crippen molar-refractivity contribution in [2.45, 2.75) is 50.9 Å². The van der Waals surface area contributed by atoms with Crippen molar-refractivity contribution in [3.8, 4) is 0 Å². The molecule has 3 aromatic rings. The van der Waals surface area contributed by atoms with Crippen LogP contribution in [0.4, 0.5) is 11.4 Å². The molecule has 0 aliphatic carbocycles. The molecule has 1 amide bonds. The number of benzene rings is 2. The number of aryl methyl sites for hydroxylation is 1. The van der Waals surface area contributed by atoms with Crippen molar-refractivity contribution in [3.05, 3.63) is 65.5 Å². The van der Waals surface area contributed by atoms with Crippen LogP contribution < -0.4 is 10.2 Å². The maximum Gasteiger partial charge on any atom is 0.234 e. The van der Waals surface area contributed by atoms with E-state index in [9.17, 15) is 4.79 Å². The fraction of sp³-hybridized carbons (Fsp3) is 0.444. The molecule has 1 saturated heterocycles. The zero-order valence-corrected chi connectivity index (χ0v) is 22.0. The monoisotopic (exact) mass is 492 g/mol. The third kappa shape index (κ3) is 6.24. The van der Waals surface area contributed by atoms with Crippen molar-refractivity contribution in [3.63, 3.8) is 0 Å². The standard InChI is InChI=1S/C27H36N6OS/c1-5-24(31(3)4)26-29-30-27(33(26)18-21-11-7-6-8-12-21)35-19-25(34)28-23-14-13-22(17-20(23)2)32-15-9-10-16-32/h6-8,11-14,17,24H,5,9-10,15-16,18-19H2,1-4H3,(H,28,34). The summed E-state index contributed by atoms with van der Waals surface area (Å²) in [6.07, 6.45) is 3.43. The van der Waals surface area contributed by atoms with Gasteiger partial charge in [-0.05, 0) is 69.6 Å². The van der Waals surface area contributed by atoms with Crippen molar-refractivity contribution in [1.29, 1.82) is 0 Å². The molecule has 0 saturated carbocycles. The van der Waals surface area contributed by atoms with Crippen LogP contribution in [0.3, 0.4) is 0 Å². The summed E-state index contributed by atoms with van der Waals surface area (Å²) in [6, 6.07) is 16.8. The Kier molecular flexibility index (Phi) is 8.46. The minimum Gasteiger partial charge on any atom is -0.372 e. The molecule has 2 aromatic carbocycles. The van der Waals surface area contributed by atoms with Crippen molar-refractivity contribution < 1.29 is 4.79 Å². The highest BCUT2D eigenvalue weighted by atomic mass is 32.2. The molecular formula is C27H36N6OS. The quantitative estimate of drug-likeness (QED) is 0.403. The van der Waals surface area contributed by atoms with E-state index < -0.39 is 0 Å². The van der Waals surface area contributed by atoms with E-state index in [0.29, 0.717) is 6.54 Å². The molecule has 1 aliphatic heterocycles. The lowest BCUT2D eigenvalue weighted by Crippen LogP contribution is -2.23. The zero-order chi connectivity index (χ0) is 24.8. The molecule has 186 valence electrons. The highest BCUT2D eigenvalue weighted by molar-refractivity contribution is 7.99. The zero-order valence-electron chi connectivity index (χ0n) is 21.2. The van der Waals surface area contributed by atoms with Gasteiger partial charge in [-0.3, -0.25) is 9.69 Å². The van der Waals surface area contributed by atoms with Crippen LogP contribution in [-0.2, 0) is 11.3 Å². The molecule has 0 radical (unpaired) electrons. The van der Waals surface area contributed by atoms with Crippen LogP contribution in [0.1, 0.15) is 49.2 Å². The summed E-state index contributed by atoms with van der Waals surface area (Å²) in [5.74, 6) is 1.17. The largest absolute Gasteiger partial charge is 0.372 e. The van der Waals surface area contributed by atoms with Crippen molar-refractivity contribution in [2.75, 3.05) is 43.2 Å². The first kappa shape index (κ1) is 25.3. The lowest BCUT2D eigenvalue weighted by molar-refractivity contribution is -0.113. The molecule has 7 nitrogen and oxygen atoms in total. The second-order valence-corrected chi connectivity index (χ2v) is 10.3. The Balaban J connectivity index is 1.45. The van der Waals surface area contributed by atoms with Gasteiger partial charge in [0, 0.05) is 24.5 Å². The third-order valence-corrected chi connectivity index (χ3v) is 7.49. The van der Waals surface area contributed by atoms with Gasteiger partial charge in [-0.2, -0.15) is 0 Å². The maximum absolute atomic E-state index is 12.8. The van der Waals surface area contributed by atoms with E-state index >= 15 is 0 Å². The number of hydrogen-bond acceptors (Lipinski definition) is 6. The van der Waals surface area contributed by atoms with Crippen LogP contribution in [0, 0.1) is 6.92 Å². The molecule has 1 N–H and O–H groups in total. The van der Waals surface area contributed by atoms with Gasteiger partial charge in [-0.1, -0.05) is 49.0 Å². The number of carbonyl (C=O) groups excluding carboxylic acids is 1. The molecule has 1 atom stereocenters. The van der Waals surface area contributed by atoms with Crippen LogP contribution in [0.2, 0.25) is 0 Å². The van der Waals surface area contributed by atoms with E-state index in [1.54, 1.807) is 0 Å². The second-order valence-electron chi connectivity index (χ2n) is 9.33. The number of amides is 1. The predicted molar refractivity (Wildman–Crippen MR) is 144 cm³/mol. The number of anilines is 2. The number of hydrogen-bond donors (Lipinski definition) is 1. The summed E-state index contributed by atoms with van der Waals surface area (Å²) in [7, 11) is 4.13. The summed E-state index contributed by atoms with van der Waals surface area (Å²) in [5, 5.41) is 12.9. The number of nitrogens with zero attached hydrogens (tertiary/aromatic N) is 5. The molecule has 8 heteroatoms. The Morgan fingerprint density at radius 2 is 1.86 bits per heavy atom. The SMILES string of the molecule is CCC(c1nnc(SCC(=O)Nc2ccc(N3CCCC3)cc2C)n1Cc1ccccc1)N(C)C. The Morgan fingerprint density at radius 1 is 1.11 bits per heavy atom. The summed E-state index contributed by atoms with van der Waals surface area (Å²) < 4.78 is 2.15. The topological polar surface area (TPSA) is 66.3 Å². The smallest absolute Gasteiger partial charge is 0.234 e. The van der Waals surface area contributed by atoms with Gasteiger partial charge in [0.15, 0.2) is 11.0 Å².